The van der Waals surface area contributed by atoms with Gasteiger partial charge in [0.25, 0.3) is 17.1 Å². The maximum Gasteiger partial charge on any atom is 0.490 e. The number of halogens is 1. The predicted octanol–water partition coefficient (Wildman–Crippen LogP) is -1.96. The van der Waals surface area contributed by atoms with Gasteiger partial charge in [-0.15, -0.1) is 0 Å². The number of hydrogen-bond acceptors (Lipinski definition) is 21. The molecule has 7 rings (SSSR count). The van der Waals surface area contributed by atoms with Gasteiger partial charge >= 0.3 is 29.1 Å². The molecule has 4 aromatic heterocycles. The molecule has 0 aliphatic carbocycles. The molecule has 4 unspecified atom stereocenters. The van der Waals surface area contributed by atoms with Crippen molar-refractivity contribution in [3.8, 4) is 5.75 Å². The second kappa shape index (κ2) is 17.1. The van der Waals surface area contributed by atoms with Gasteiger partial charge in [-0.25, -0.2) is 23.2 Å². The summed E-state index contributed by atoms with van der Waals surface area (Å²) in [6.45, 7) is -1.07. The van der Waals surface area contributed by atoms with Crippen LogP contribution in [0, 0.1) is 0 Å². The lowest BCUT2D eigenvalue weighted by atomic mass is 9.96. The Morgan fingerprint density at radius 2 is 1.52 bits per heavy atom. The molecule has 0 radical (unpaired) electrons. The first-order valence-electron chi connectivity index (χ1n) is 17.6. The Morgan fingerprint density at radius 1 is 0.903 bits per heavy atom. The molecule has 0 saturated carbocycles. The molecule has 11 atom stereocenters. The van der Waals surface area contributed by atoms with E-state index in [4.69, 9.17) is 41.8 Å². The van der Waals surface area contributed by atoms with Crippen molar-refractivity contribution in [1.82, 2.24) is 34.1 Å². The molecule has 0 bridgehead atoms. The number of H-pyrrole nitrogens is 2. The third-order valence-electron chi connectivity index (χ3n) is 9.39. The number of nitrogen functional groups attached to an aromatic ring is 2. The molecule has 5 aromatic rings. The number of aromatic nitrogens is 8. The minimum atomic E-state index is -6.06. The Hall–Kier alpha value is -4.22. The Kier molecular flexibility index (Phi) is 12.6. The van der Waals surface area contributed by atoms with E-state index in [9.17, 15) is 58.4 Å². The number of phosphoric ester groups is 2. The van der Waals surface area contributed by atoms with Gasteiger partial charge < -0.3 is 60.8 Å². The standard InChI is InChI=1S/C29H36ClN10O19P3/c1-29(46)20(43)15(57-26(29)40-11-38(17-22(40)35-28(32)37-24(17)45)6-7-53-13-4-2-12(30)3-5-13)9-55-61(49,50)59-62(51,52)58-60(47,48)54-8-14-18(41)19(42)25(56-14)39-10-33-16-21(39)34-27(31)36-23(16)44/h2-5,10-11,14-15,18-20,25-26,41-43,46H,6-9H2,1H3,(H8-,31,32,34,35,36,37,44,45,47,48,49,50,51,52)/p+1/t14-,15?,18-,19-,20-,25-,26-,29-/m1/s1. The molecule has 2 saturated heterocycles. The Labute approximate surface area is 349 Å². The molecule has 0 amide bonds. The largest absolute Gasteiger partial charge is 0.490 e. The molecule has 0 spiro atoms. The lowest BCUT2D eigenvalue weighted by molar-refractivity contribution is -0.752. The number of nitrogens with zero attached hydrogens (tertiary/aromatic N) is 6. The molecular weight excluding hydrogens is 921 g/mol. The van der Waals surface area contributed by atoms with Crippen LogP contribution in [0.15, 0.2) is 46.5 Å². The zero-order valence-corrected chi connectivity index (χ0v) is 34.9. The van der Waals surface area contributed by atoms with Gasteiger partial charge in [0.15, 0.2) is 23.7 Å². The predicted molar refractivity (Wildman–Crippen MR) is 204 cm³/mol. The first-order chi connectivity index (χ1) is 28.9. The number of phosphoric acid groups is 3. The van der Waals surface area contributed by atoms with Gasteiger partial charge in [0.05, 0.1) is 19.5 Å². The number of rotatable bonds is 16. The van der Waals surface area contributed by atoms with Crippen molar-refractivity contribution in [3.05, 3.63) is 62.7 Å². The van der Waals surface area contributed by atoms with Crippen LogP contribution in [0.5, 0.6) is 5.75 Å². The number of ether oxygens (including phenoxy) is 3. The van der Waals surface area contributed by atoms with Crippen molar-refractivity contribution in [2.45, 2.75) is 62.0 Å². The van der Waals surface area contributed by atoms with Crippen LogP contribution in [0.25, 0.3) is 22.3 Å². The van der Waals surface area contributed by atoms with Crippen LogP contribution in [0.4, 0.5) is 11.9 Å². The lowest BCUT2D eigenvalue weighted by Gasteiger charge is -2.25. The highest BCUT2D eigenvalue weighted by Crippen LogP contribution is 2.68. The second-order valence-corrected chi connectivity index (χ2v) is 18.9. The average molecular weight is 958 g/mol. The monoisotopic (exact) mass is 957 g/mol. The Bertz CT molecular complexity index is 2750. The third kappa shape index (κ3) is 9.49. The summed E-state index contributed by atoms with van der Waals surface area (Å²) in [6, 6.07) is 6.47. The molecule has 62 heavy (non-hydrogen) atoms. The molecule has 1 aromatic carbocycles. The number of fused-ring (bicyclic) bond motifs is 2. The summed E-state index contributed by atoms with van der Waals surface area (Å²) in [6.07, 6.45) is -9.65. The lowest BCUT2D eigenvalue weighted by Crippen LogP contribution is -2.53. The summed E-state index contributed by atoms with van der Waals surface area (Å²) < 4.78 is 76.1. The van der Waals surface area contributed by atoms with E-state index in [-0.39, 0.29) is 47.4 Å². The number of anilines is 2. The number of aliphatic hydroxyl groups excluding tert-OH is 3. The van der Waals surface area contributed by atoms with E-state index < -0.39 is 96.4 Å². The van der Waals surface area contributed by atoms with Gasteiger partial charge in [0.1, 0.15) is 55.0 Å². The van der Waals surface area contributed by atoms with Crippen LogP contribution in [-0.4, -0.2) is 125 Å². The summed E-state index contributed by atoms with van der Waals surface area (Å²) >= 11 is 5.92. The molecule has 2 fully saturated rings. The van der Waals surface area contributed by atoms with Crippen LogP contribution in [0.3, 0.4) is 0 Å². The van der Waals surface area contributed by atoms with Crippen molar-refractivity contribution in [2.75, 3.05) is 31.3 Å². The van der Waals surface area contributed by atoms with Crippen LogP contribution < -0.4 is 31.9 Å². The van der Waals surface area contributed by atoms with Crippen molar-refractivity contribution < 1.29 is 85.2 Å². The van der Waals surface area contributed by atoms with Gasteiger partial charge in [-0.1, -0.05) is 16.6 Å². The zero-order valence-electron chi connectivity index (χ0n) is 31.4. The van der Waals surface area contributed by atoms with E-state index >= 15 is 0 Å². The van der Waals surface area contributed by atoms with E-state index in [0.717, 1.165) is 22.4 Å². The van der Waals surface area contributed by atoms with Crippen LogP contribution in [-0.2, 0) is 47.4 Å². The highest BCUT2D eigenvalue weighted by atomic mass is 35.5. The van der Waals surface area contributed by atoms with Crippen LogP contribution >= 0.6 is 35.1 Å². The van der Waals surface area contributed by atoms with E-state index in [0.29, 0.717) is 10.8 Å². The zero-order chi connectivity index (χ0) is 45.1. The minimum absolute atomic E-state index is 0.0191. The molecule has 2 aliphatic rings. The summed E-state index contributed by atoms with van der Waals surface area (Å²) in [5.74, 6) is -0.172. The molecule has 13 N–H and O–H groups in total. The average Bonchev–Trinajstić information content (AvgIpc) is 3.88. The number of nitrogens with one attached hydrogen (secondary N) is 2. The second-order valence-electron chi connectivity index (χ2n) is 13.8. The smallest absolute Gasteiger partial charge is 0.490 e. The van der Waals surface area contributed by atoms with Crippen molar-refractivity contribution in [1.29, 1.82) is 0 Å². The maximum atomic E-state index is 13.0. The van der Waals surface area contributed by atoms with Gasteiger partial charge in [0, 0.05) is 5.02 Å². The highest BCUT2D eigenvalue weighted by molar-refractivity contribution is 7.66. The summed E-state index contributed by atoms with van der Waals surface area (Å²) in [5, 5.41) is 44.0. The molecule has 6 heterocycles. The number of aliphatic hydroxyl groups is 4. The minimum Gasteiger partial charge on any atom is -0.490 e. The normalized spacial score (nSPS) is 28.2. The van der Waals surface area contributed by atoms with Gasteiger partial charge in [0.2, 0.25) is 17.7 Å². The summed E-state index contributed by atoms with van der Waals surface area (Å²) in [7, 11) is -17.6. The Morgan fingerprint density at radius 3 is 2.18 bits per heavy atom. The topological polar surface area (TPSA) is 428 Å². The fourth-order valence-electron chi connectivity index (χ4n) is 6.57. The van der Waals surface area contributed by atoms with Crippen molar-refractivity contribution in [3.63, 3.8) is 0 Å². The van der Waals surface area contributed by atoms with Gasteiger partial charge in [-0.05, 0) is 31.2 Å². The SMILES string of the molecule is C[C@@]1(O)[C@H](O)C(COP(=O)(O)OP(=O)(O)OP(=O)(O)OC[C@H]2O[C@@H](n3cnc4c(=O)[nH]c(N)nc43)[C@H](O)[C@@H]2O)O[C@H]1[n+]1cn(CCOc2ccc(Cl)cc2)c2c(=O)[nH]c(N)nc21. The first-order valence-corrected chi connectivity index (χ1v) is 22.5. The number of aromatic amines is 2. The first kappa shape index (κ1) is 45.8. The van der Waals surface area contributed by atoms with Gasteiger partial charge in [-0.2, -0.15) is 13.6 Å². The van der Waals surface area contributed by atoms with Crippen LogP contribution in [0.1, 0.15) is 19.4 Å². The van der Waals surface area contributed by atoms with E-state index in [2.05, 4.69) is 38.1 Å². The van der Waals surface area contributed by atoms with Crippen molar-refractivity contribution >= 4 is 69.3 Å². The third-order valence-corrected chi connectivity index (χ3v) is 13.9. The van der Waals surface area contributed by atoms with Crippen molar-refractivity contribution in [2.24, 2.45) is 0 Å². The van der Waals surface area contributed by atoms with Gasteiger partial charge in [-0.3, -0.25) is 37.7 Å². The maximum absolute atomic E-state index is 13.0. The van der Waals surface area contributed by atoms with E-state index in [1.54, 1.807) is 24.3 Å². The number of imidazole rings is 2. The number of benzene rings is 1. The number of nitrogens with two attached hydrogens (primary N) is 2. The summed E-state index contributed by atoms with van der Waals surface area (Å²) in [5.41, 5.74) is 7.13. The molecule has 33 heteroatoms. The molecule has 2 aliphatic heterocycles. The van der Waals surface area contributed by atoms with Crippen LogP contribution in [0.2, 0.25) is 5.02 Å². The summed E-state index contributed by atoms with van der Waals surface area (Å²) in [4.78, 5) is 72.1. The van der Waals surface area contributed by atoms with E-state index in [1.165, 1.54) is 10.9 Å². The number of hydrogen-bond donors (Lipinski definition) is 11. The fraction of sp³-hybridized carbons (Fsp3) is 0.448. The molecule has 29 nitrogen and oxygen atoms in total. The van der Waals surface area contributed by atoms with E-state index in [1.807, 2.05) is 0 Å². The molecular formula is C29H37ClN10O19P3+. The fourth-order valence-corrected chi connectivity index (χ4v) is 10.2. The Balaban J connectivity index is 0.969. The molecule has 338 valence electrons. The quantitative estimate of drug-likeness (QED) is 0.0378. The highest BCUT2D eigenvalue weighted by Gasteiger charge is 2.57.